The standard InChI is InChI=1S/C19H18F3NO3/c1-12(2)13-7-9-14(10-8-13)23-17(24)11-26-18(25)15-5-3-4-6-16(15)19(20,21)22/h3-10,12H,11H2,1-2H3,(H,23,24). The first kappa shape index (κ1) is 19.5. The first-order chi connectivity index (χ1) is 12.2. The first-order valence-electron chi connectivity index (χ1n) is 7.91. The third-order valence-corrected chi connectivity index (χ3v) is 3.65. The molecule has 0 aliphatic carbocycles. The summed E-state index contributed by atoms with van der Waals surface area (Å²) < 4.78 is 43.4. The molecule has 0 bridgehead atoms. The summed E-state index contributed by atoms with van der Waals surface area (Å²) in [6.07, 6.45) is -4.68. The maximum atomic E-state index is 12.9. The van der Waals surface area contributed by atoms with Gasteiger partial charge in [0.2, 0.25) is 0 Å². The number of carbonyl (C=O) groups excluding carboxylic acids is 2. The number of rotatable bonds is 5. The molecule has 1 amide bonds. The number of alkyl halides is 3. The van der Waals surface area contributed by atoms with Crippen LogP contribution in [-0.4, -0.2) is 18.5 Å². The van der Waals surface area contributed by atoms with Crippen LogP contribution in [-0.2, 0) is 15.7 Å². The number of halogens is 3. The molecular formula is C19H18F3NO3. The van der Waals surface area contributed by atoms with Crippen LogP contribution in [0.25, 0.3) is 0 Å². The van der Waals surface area contributed by atoms with Crippen LogP contribution in [0, 0.1) is 0 Å². The van der Waals surface area contributed by atoms with Gasteiger partial charge in [-0.25, -0.2) is 4.79 Å². The molecule has 0 spiro atoms. The van der Waals surface area contributed by atoms with Gasteiger partial charge >= 0.3 is 12.1 Å². The highest BCUT2D eigenvalue weighted by Gasteiger charge is 2.35. The van der Waals surface area contributed by atoms with Crippen molar-refractivity contribution in [2.24, 2.45) is 0 Å². The lowest BCUT2D eigenvalue weighted by molar-refractivity contribution is -0.138. The van der Waals surface area contributed by atoms with Crippen molar-refractivity contribution in [2.45, 2.75) is 25.9 Å². The summed E-state index contributed by atoms with van der Waals surface area (Å²) >= 11 is 0. The molecule has 2 aromatic carbocycles. The van der Waals surface area contributed by atoms with Crippen molar-refractivity contribution in [3.63, 3.8) is 0 Å². The lowest BCUT2D eigenvalue weighted by atomic mass is 10.0. The lowest BCUT2D eigenvalue weighted by Crippen LogP contribution is -2.22. The number of nitrogens with one attached hydrogen (secondary N) is 1. The van der Waals surface area contributed by atoms with Crippen molar-refractivity contribution in [2.75, 3.05) is 11.9 Å². The summed E-state index contributed by atoms with van der Waals surface area (Å²) in [5, 5.41) is 2.52. The molecule has 0 aliphatic rings. The fourth-order valence-corrected chi connectivity index (χ4v) is 2.27. The third kappa shape index (κ3) is 5.08. The number of carbonyl (C=O) groups is 2. The summed E-state index contributed by atoms with van der Waals surface area (Å²) in [6, 6.07) is 11.4. The average Bonchev–Trinajstić information content (AvgIpc) is 2.59. The van der Waals surface area contributed by atoms with Gasteiger partial charge in [-0.1, -0.05) is 38.1 Å². The van der Waals surface area contributed by atoms with Gasteiger partial charge in [0, 0.05) is 5.69 Å². The van der Waals surface area contributed by atoms with Crippen molar-refractivity contribution < 1.29 is 27.5 Å². The number of hydrogen-bond donors (Lipinski definition) is 1. The largest absolute Gasteiger partial charge is 0.452 e. The van der Waals surface area contributed by atoms with Gasteiger partial charge in [0.15, 0.2) is 6.61 Å². The molecule has 138 valence electrons. The van der Waals surface area contributed by atoms with Crippen LogP contribution in [0.1, 0.15) is 41.3 Å². The number of anilines is 1. The number of amides is 1. The minimum absolute atomic E-state index is 0.342. The molecule has 0 heterocycles. The Morgan fingerprint density at radius 3 is 2.23 bits per heavy atom. The molecule has 0 atom stereocenters. The molecule has 0 aliphatic heterocycles. The molecule has 2 aromatic rings. The quantitative estimate of drug-likeness (QED) is 0.787. The smallest absolute Gasteiger partial charge is 0.417 e. The molecule has 7 heteroatoms. The van der Waals surface area contributed by atoms with Crippen molar-refractivity contribution in [1.82, 2.24) is 0 Å². The molecular weight excluding hydrogens is 347 g/mol. The van der Waals surface area contributed by atoms with Crippen molar-refractivity contribution in [3.8, 4) is 0 Å². The highest BCUT2D eigenvalue weighted by molar-refractivity contribution is 5.96. The van der Waals surface area contributed by atoms with Crippen LogP contribution in [0.3, 0.4) is 0 Å². The van der Waals surface area contributed by atoms with E-state index in [1.807, 2.05) is 26.0 Å². The van der Waals surface area contributed by atoms with Gasteiger partial charge in [0.25, 0.3) is 5.91 Å². The molecule has 1 N–H and O–H groups in total. The van der Waals surface area contributed by atoms with Crippen LogP contribution in [0.5, 0.6) is 0 Å². The van der Waals surface area contributed by atoms with Crippen molar-refractivity contribution in [3.05, 3.63) is 65.2 Å². The topological polar surface area (TPSA) is 55.4 Å². The Balaban J connectivity index is 1.96. The van der Waals surface area contributed by atoms with Gasteiger partial charge in [-0.3, -0.25) is 4.79 Å². The van der Waals surface area contributed by atoms with Gasteiger partial charge in [-0.15, -0.1) is 0 Å². The Hall–Kier alpha value is -2.83. The van der Waals surface area contributed by atoms with Crippen LogP contribution in [0.4, 0.5) is 18.9 Å². The highest BCUT2D eigenvalue weighted by Crippen LogP contribution is 2.32. The molecule has 4 nitrogen and oxygen atoms in total. The van der Waals surface area contributed by atoms with Crippen molar-refractivity contribution >= 4 is 17.6 Å². The Morgan fingerprint density at radius 2 is 1.65 bits per heavy atom. The van der Waals surface area contributed by atoms with E-state index in [-0.39, 0.29) is 0 Å². The summed E-state index contributed by atoms with van der Waals surface area (Å²) in [5.41, 5.74) is -0.131. The van der Waals surface area contributed by atoms with Crippen LogP contribution < -0.4 is 5.32 Å². The van der Waals surface area contributed by atoms with Crippen LogP contribution >= 0.6 is 0 Å². The summed E-state index contributed by atoms with van der Waals surface area (Å²) in [7, 11) is 0. The Labute approximate surface area is 149 Å². The monoisotopic (exact) mass is 365 g/mol. The highest BCUT2D eigenvalue weighted by atomic mass is 19.4. The first-order valence-corrected chi connectivity index (χ1v) is 7.91. The van der Waals surface area contributed by atoms with Gasteiger partial charge < -0.3 is 10.1 Å². The van der Waals surface area contributed by atoms with Gasteiger partial charge in [0.1, 0.15) is 0 Å². The zero-order chi connectivity index (χ0) is 19.3. The van der Waals surface area contributed by atoms with E-state index in [4.69, 9.17) is 4.74 Å². The summed E-state index contributed by atoms with van der Waals surface area (Å²) in [5.74, 6) is -1.50. The normalized spacial score (nSPS) is 11.3. The number of benzene rings is 2. The maximum Gasteiger partial charge on any atom is 0.417 e. The Bertz CT molecular complexity index is 783. The molecule has 26 heavy (non-hydrogen) atoms. The number of esters is 1. The van der Waals surface area contributed by atoms with E-state index < -0.39 is 35.8 Å². The molecule has 0 unspecified atom stereocenters. The van der Waals surface area contributed by atoms with Crippen LogP contribution in [0.2, 0.25) is 0 Å². The second kappa shape index (κ2) is 8.03. The maximum absolute atomic E-state index is 12.9. The lowest BCUT2D eigenvalue weighted by Gasteiger charge is -2.12. The fraction of sp³-hybridized carbons (Fsp3) is 0.263. The molecule has 0 aromatic heterocycles. The van der Waals surface area contributed by atoms with Crippen LogP contribution in [0.15, 0.2) is 48.5 Å². The van der Waals surface area contributed by atoms with E-state index in [2.05, 4.69) is 5.32 Å². The van der Waals surface area contributed by atoms with Crippen molar-refractivity contribution in [1.29, 1.82) is 0 Å². The van der Waals surface area contributed by atoms with E-state index in [1.165, 1.54) is 12.1 Å². The molecule has 0 fully saturated rings. The SMILES string of the molecule is CC(C)c1ccc(NC(=O)COC(=O)c2ccccc2C(F)(F)F)cc1. The van der Waals surface area contributed by atoms with E-state index >= 15 is 0 Å². The zero-order valence-electron chi connectivity index (χ0n) is 14.3. The van der Waals surface area contributed by atoms with E-state index in [0.717, 1.165) is 17.7 Å². The summed E-state index contributed by atoms with van der Waals surface area (Å²) in [6.45, 7) is 3.38. The van der Waals surface area contributed by atoms with Gasteiger partial charge in [-0.05, 0) is 35.7 Å². The molecule has 0 saturated carbocycles. The number of ether oxygens (including phenoxy) is 1. The average molecular weight is 365 g/mol. The second-order valence-corrected chi connectivity index (χ2v) is 5.94. The predicted octanol–water partition coefficient (Wildman–Crippen LogP) is 4.62. The number of hydrogen-bond acceptors (Lipinski definition) is 3. The second-order valence-electron chi connectivity index (χ2n) is 5.94. The molecule has 2 rings (SSSR count). The third-order valence-electron chi connectivity index (χ3n) is 3.65. The van der Waals surface area contributed by atoms with Gasteiger partial charge in [-0.2, -0.15) is 13.2 Å². The minimum Gasteiger partial charge on any atom is -0.452 e. The summed E-state index contributed by atoms with van der Waals surface area (Å²) in [4.78, 5) is 23.7. The van der Waals surface area contributed by atoms with E-state index in [0.29, 0.717) is 11.6 Å². The van der Waals surface area contributed by atoms with E-state index in [9.17, 15) is 22.8 Å². The Morgan fingerprint density at radius 1 is 1.04 bits per heavy atom. The zero-order valence-corrected chi connectivity index (χ0v) is 14.3. The fourth-order valence-electron chi connectivity index (χ4n) is 2.27. The predicted molar refractivity (Wildman–Crippen MR) is 90.9 cm³/mol. The molecule has 0 radical (unpaired) electrons. The van der Waals surface area contributed by atoms with Gasteiger partial charge in [0.05, 0.1) is 11.1 Å². The Kier molecular flexibility index (Phi) is 6.02. The molecule has 0 saturated heterocycles. The van der Waals surface area contributed by atoms with E-state index in [1.54, 1.807) is 12.1 Å². The minimum atomic E-state index is -4.68.